The summed E-state index contributed by atoms with van der Waals surface area (Å²) in [5.41, 5.74) is -0.388. The highest BCUT2D eigenvalue weighted by molar-refractivity contribution is 5.88. The number of aliphatic hydroxyl groups is 1. The van der Waals surface area contributed by atoms with Crippen LogP contribution in [-0.2, 0) is 0 Å². The van der Waals surface area contributed by atoms with Gasteiger partial charge in [0.1, 0.15) is 5.56 Å². The van der Waals surface area contributed by atoms with E-state index >= 15 is 0 Å². The molecule has 2 unspecified atom stereocenters. The van der Waals surface area contributed by atoms with Gasteiger partial charge in [0.05, 0.1) is 6.10 Å². The quantitative estimate of drug-likeness (QED) is 0.776. The van der Waals surface area contributed by atoms with Crippen LogP contribution in [0.1, 0.15) is 36.0 Å². The summed E-state index contributed by atoms with van der Waals surface area (Å²) < 4.78 is 13.8. The zero-order valence-electron chi connectivity index (χ0n) is 10.5. The molecular formula is C13H17FN2O3. The minimum absolute atomic E-state index is 0.0417. The van der Waals surface area contributed by atoms with Gasteiger partial charge in [0, 0.05) is 12.7 Å². The first-order valence-electron chi connectivity index (χ1n) is 6.37. The highest BCUT2D eigenvalue weighted by Crippen LogP contribution is 2.25. The van der Waals surface area contributed by atoms with E-state index in [0.717, 1.165) is 25.3 Å². The number of rotatable bonds is 4. The Kier molecular flexibility index (Phi) is 4.31. The van der Waals surface area contributed by atoms with Crippen LogP contribution < -0.4 is 5.32 Å². The summed E-state index contributed by atoms with van der Waals surface area (Å²) in [4.78, 5) is 14.6. The number of pyridine rings is 1. The lowest BCUT2D eigenvalue weighted by molar-refractivity contribution is 0.0692. The molecule has 1 aromatic heterocycles. The fraction of sp³-hybridized carbons (Fsp3) is 0.538. The Morgan fingerprint density at radius 1 is 1.53 bits per heavy atom. The van der Waals surface area contributed by atoms with Crippen molar-refractivity contribution in [3.8, 4) is 0 Å². The van der Waals surface area contributed by atoms with Crippen LogP contribution in [-0.4, -0.2) is 33.8 Å². The van der Waals surface area contributed by atoms with Gasteiger partial charge in [0.15, 0.2) is 11.6 Å². The van der Waals surface area contributed by atoms with E-state index in [0.29, 0.717) is 13.0 Å². The number of hydrogen-bond donors (Lipinski definition) is 3. The van der Waals surface area contributed by atoms with Crippen molar-refractivity contribution >= 4 is 11.8 Å². The predicted octanol–water partition coefficient (Wildman–Crippen LogP) is 1.88. The number of nitrogens with one attached hydrogen (secondary N) is 1. The minimum Gasteiger partial charge on any atom is -0.478 e. The molecule has 1 fully saturated rings. The SMILES string of the molecule is O=C(O)c1ccnc(NCC2CCCC(O)C2)c1F. The van der Waals surface area contributed by atoms with Gasteiger partial charge in [-0.2, -0.15) is 0 Å². The summed E-state index contributed by atoms with van der Waals surface area (Å²) in [5, 5.41) is 21.2. The maximum atomic E-state index is 13.8. The standard InChI is InChI=1S/C13H17FN2O3/c14-11-10(13(18)19)4-5-15-12(11)16-7-8-2-1-3-9(17)6-8/h4-5,8-9,17H,1-3,6-7H2,(H,15,16)(H,18,19). The van der Waals surface area contributed by atoms with Gasteiger partial charge in [0.25, 0.3) is 0 Å². The smallest absolute Gasteiger partial charge is 0.338 e. The number of aromatic carboxylic acids is 1. The van der Waals surface area contributed by atoms with Gasteiger partial charge in [-0.1, -0.05) is 6.42 Å². The number of hydrogen-bond acceptors (Lipinski definition) is 4. The number of carboxylic acids is 1. The van der Waals surface area contributed by atoms with Gasteiger partial charge in [-0.15, -0.1) is 0 Å². The monoisotopic (exact) mass is 268 g/mol. The molecule has 19 heavy (non-hydrogen) atoms. The van der Waals surface area contributed by atoms with E-state index in [4.69, 9.17) is 5.11 Å². The van der Waals surface area contributed by atoms with E-state index in [1.54, 1.807) is 0 Å². The molecule has 1 aliphatic rings. The van der Waals surface area contributed by atoms with Gasteiger partial charge in [-0.05, 0) is 31.2 Å². The second-order valence-electron chi connectivity index (χ2n) is 4.89. The van der Waals surface area contributed by atoms with Gasteiger partial charge in [-0.25, -0.2) is 14.2 Å². The molecular weight excluding hydrogens is 251 g/mol. The van der Waals surface area contributed by atoms with Gasteiger partial charge in [0.2, 0.25) is 0 Å². The second kappa shape index (κ2) is 5.97. The highest BCUT2D eigenvalue weighted by Gasteiger charge is 2.21. The van der Waals surface area contributed by atoms with E-state index < -0.39 is 11.8 Å². The highest BCUT2D eigenvalue weighted by atomic mass is 19.1. The van der Waals surface area contributed by atoms with Gasteiger partial charge in [-0.3, -0.25) is 0 Å². The molecule has 0 radical (unpaired) electrons. The first kappa shape index (κ1) is 13.7. The van der Waals surface area contributed by atoms with E-state index in [2.05, 4.69) is 10.3 Å². The second-order valence-corrected chi connectivity index (χ2v) is 4.89. The molecule has 0 amide bonds. The van der Waals surface area contributed by atoms with E-state index in [1.807, 2.05) is 0 Å². The average Bonchev–Trinajstić information content (AvgIpc) is 2.37. The topological polar surface area (TPSA) is 82.5 Å². The van der Waals surface area contributed by atoms with Crippen molar-refractivity contribution in [2.24, 2.45) is 5.92 Å². The summed E-state index contributed by atoms with van der Waals surface area (Å²) in [6.07, 6.45) is 4.42. The first-order chi connectivity index (χ1) is 9.08. The number of aliphatic hydroxyl groups excluding tert-OH is 1. The molecule has 0 saturated heterocycles. The lowest BCUT2D eigenvalue weighted by Gasteiger charge is -2.26. The van der Waals surface area contributed by atoms with Crippen LogP contribution in [0.4, 0.5) is 10.2 Å². The molecule has 5 nitrogen and oxygen atoms in total. The Morgan fingerprint density at radius 2 is 2.32 bits per heavy atom. The molecule has 2 atom stereocenters. The molecule has 1 aliphatic carbocycles. The van der Waals surface area contributed by atoms with Crippen LogP contribution in [0, 0.1) is 11.7 Å². The normalized spacial score (nSPS) is 23.1. The summed E-state index contributed by atoms with van der Waals surface area (Å²) in [5.74, 6) is -1.93. The number of carbonyl (C=O) groups is 1. The third-order valence-corrected chi connectivity index (χ3v) is 3.43. The summed E-state index contributed by atoms with van der Waals surface area (Å²) >= 11 is 0. The van der Waals surface area contributed by atoms with E-state index in [-0.39, 0.29) is 23.4 Å². The maximum absolute atomic E-state index is 13.8. The maximum Gasteiger partial charge on any atom is 0.338 e. The fourth-order valence-electron chi connectivity index (χ4n) is 2.42. The molecule has 3 N–H and O–H groups in total. The van der Waals surface area contributed by atoms with Crippen LogP contribution in [0.3, 0.4) is 0 Å². The van der Waals surface area contributed by atoms with Crippen molar-refractivity contribution < 1.29 is 19.4 Å². The van der Waals surface area contributed by atoms with Crippen molar-refractivity contribution in [1.29, 1.82) is 0 Å². The summed E-state index contributed by atoms with van der Waals surface area (Å²) in [7, 11) is 0. The number of aromatic nitrogens is 1. The van der Waals surface area contributed by atoms with Crippen molar-refractivity contribution in [3.63, 3.8) is 0 Å². The molecule has 0 aliphatic heterocycles. The number of anilines is 1. The molecule has 0 aromatic carbocycles. The molecule has 0 spiro atoms. The lowest BCUT2D eigenvalue weighted by atomic mass is 9.87. The number of carboxylic acid groups (broad SMARTS) is 1. The molecule has 1 heterocycles. The first-order valence-corrected chi connectivity index (χ1v) is 6.37. The van der Waals surface area contributed by atoms with Crippen LogP contribution in [0.5, 0.6) is 0 Å². The fourth-order valence-corrected chi connectivity index (χ4v) is 2.42. The van der Waals surface area contributed by atoms with Crippen molar-refractivity contribution in [1.82, 2.24) is 4.98 Å². The van der Waals surface area contributed by atoms with Crippen LogP contribution >= 0.6 is 0 Å². The summed E-state index contributed by atoms with van der Waals surface area (Å²) in [6.45, 7) is 0.490. The Bertz CT molecular complexity index is 467. The Labute approximate surface area is 110 Å². The van der Waals surface area contributed by atoms with Crippen molar-refractivity contribution in [2.75, 3.05) is 11.9 Å². The van der Waals surface area contributed by atoms with Gasteiger partial charge < -0.3 is 15.5 Å². The number of halogens is 1. The molecule has 0 bridgehead atoms. The zero-order valence-corrected chi connectivity index (χ0v) is 10.5. The molecule has 104 valence electrons. The lowest BCUT2D eigenvalue weighted by Crippen LogP contribution is -2.25. The summed E-state index contributed by atoms with van der Waals surface area (Å²) in [6, 6.07) is 1.13. The van der Waals surface area contributed by atoms with Crippen LogP contribution in [0.15, 0.2) is 12.3 Å². The molecule has 2 rings (SSSR count). The Morgan fingerprint density at radius 3 is 3.00 bits per heavy atom. The minimum atomic E-state index is -1.31. The van der Waals surface area contributed by atoms with E-state index in [9.17, 15) is 14.3 Å². The Balaban J connectivity index is 1.99. The molecule has 6 heteroatoms. The zero-order chi connectivity index (χ0) is 13.8. The van der Waals surface area contributed by atoms with Crippen molar-refractivity contribution in [3.05, 3.63) is 23.6 Å². The van der Waals surface area contributed by atoms with E-state index in [1.165, 1.54) is 6.20 Å². The molecule has 1 saturated carbocycles. The van der Waals surface area contributed by atoms with Crippen molar-refractivity contribution in [2.45, 2.75) is 31.8 Å². The van der Waals surface area contributed by atoms with Crippen LogP contribution in [0.25, 0.3) is 0 Å². The third kappa shape index (κ3) is 3.41. The average molecular weight is 268 g/mol. The van der Waals surface area contributed by atoms with Gasteiger partial charge >= 0.3 is 5.97 Å². The predicted molar refractivity (Wildman–Crippen MR) is 67.6 cm³/mol. The largest absolute Gasteiger partial charge is 0.478 e. The van der Waals surface area contributed by atoms with Crippen LogP contribution in [0.2, 0.25) is 0 Å². The molecule has 1 aromatic rings. The number of nitrogens with zero attached hydrogens (tertiary/aromatic N) is 1. The third-order valence-electron chi connectivity index (χ3n) is 3.43. The Hall–Kier alpha value is -1.69.